The largest absolute Gasteiger partial charge is 0.467 e. The van der Waals surface area contributed by atoms with Crippen LogP contribution in [0.1, 0.15) is 11.6 Å². The molecule has 24 heavy (non-hydrogen) atoms. The molecule has 0 aliphatic rings. The Morgan fingerprint density at radius 3 is 2.46 bits per heavy atom. The van der Waals surface area contributed by atoms with E-state index >= 15 is 0 Å². The average Bonchev–Trinajstić information content (AvgIpc) is 3.13. The molecule has 1 amide bonds. The Morgan fingerprint density at radius 1 is 1.17 bits per heavy atom. The SMILES string of the molecule is COC(=O)[C@H](NC(=O)CNS(=O)(=O)c1cccs1)c1ccccc1. The summed E-state index contributed by atoms with van der Waals surface area (Å²) in [4.78, 5) is 23.9. The first-order chi connectivity index (χ1) is 11.4. The molecule has 0 aliphatic carbocycles. The first-order valence-corrected chi connectivity index (χ1v) is 9.25. The van der Waals surface area contributed by atoms with Crippen molar-refractivity contribution in [3.05, 3.63) is 53.4 Å². The number of rotatable bonds is 7. The lowest BCUT2D eigenvalue weighted by Crippen LogP contribution is -2.41. The van der Waals surface area contributed by atoms with Crippen LogP contribution in [-0.2, 0) is 24.3 Å². The van der Waals surface area contributed by atoms with Gasteiger partial charge < -0.3 is 10.1 Å². The summed E-state index contributed by atoms with van der Waals surface area (Å²) < 4.78 is 30.9. The van der Waals surface area contributed by atoms with Crippen LogP contribution in [0.3, 0.4) is 0 Å². The van der Waals surface area contributed by atoms with E-state index in [0.717, 1.165) is 11.3 Å². The van der Waals surface area contributed by atoms with Crippen molar-refractivity contribution in [2.45, 2.75) is 10.3 Å². The number of nitrogens with one attached hydrogen (secondary N) is 2. The van der Waals surface area contributed by atoms with Crippen molar-refractivity contribution in [3.63, 3.8) is 0 Å². The van der Waals surface area contributed by atoms with E-state index in [0.29, 0.717) is 5.56 Å². The van der Waals surface area contributed by atoms with Gasteiger partial charge in [-0.15, -0.1) is 11.3 Å². The maximum Gasteiger partial charge on any atom is 0.333 e. The molecule has 1 aromatic heterocycles. The Bertz CT molecular complexity index is 789. The van der Waals surface area contributed by atoms with E-state index < -0.39 is 34.5 Å². The fourth-order valence-corrected chi connectivity index (χ4v) is 3.92. The third-order valence-corrected chi connectivity index (χ3v) is 5.86. The Morgan fingerprint density at radius 2 is 1.88 bits per heavy atom. The number of esters is 1. The molecule has 1 atom stereocenters. The van der Waals surface area contributed by atoms with Gasteiger partial charge in [0.25, 0.3) is 10.0 Å². The van der Waals surface area contributed by atoms with E-state index in [4.69, 9.17) is 0 Å². The van der Waals surface area contributed by atoms with Crippen LogP contribution >= 0.6 is 11.3 Å². The molecular weight excluding hydrogens is 352 g/mol. The van der Waals surface area contributed by atoms with Crippen LogP contribution < -0.4 is 10.0 Å². The van der Waals surface area contributed by atoms with Crippen molar-refractivity contribution >= 4 is 33.2 Å². The molecular formula is C15H16N2O5S2. The minimum atomic E-state index is -3.75. The monoisotopic (exact) mass is 368 g/mol. The van der Waals surface area contributed by atoms with Crippen LogP contribution in [-0.4, -0.2) is 33.9 Å². The Labute approximate surface area is 143 Å². The van der Waals surface area contributed by atoms with Gasteiger partial charge in [-0.3, -0.25) is 4.79 Å². The zero-order valence-corrected chi connectivity index (χ0v) is 14.4. The van der Waals surface area contributed by atoms with Crippen molar-refractivity contribution in [2.75, 3.05) is 13.7 Å². The summed E-state index contributed by atoms with van der Waals surface area (Å²) in [6.07, 6.45) is 0. The highest BCUT2D eigenvalue weighted by molar-refractivity contribution is 7.91. The minimum absolute atomic E-state index is 0.114. The number of ether oxygens (including phenoxy) is 1. The molecule has 2 rings (SSSR count). The molecule has 0 spiro atoms. The molecule has 7 nitrogen and oxygen atoms in total. The predicted octanol–water partition coefficient (Wildman–Crippen LogP) is 1.06. The van der Waals surface area contributed by atoms with Crippen molar-refractivity contribution in [2.24, 2.45) is 0 Å². The zero-order valence-electron chi connectivity index (χ0n) is 12.8. The van der Waals surface area contributed by atoms with Gasteiger partial charge in [0.2, 0.25) is 5.91 Å². The van der Waals surface area contributed by atoms with E-state index in [1.807, 2.05) is 0 Å². The number of carbonyl (C=O) groups excluding carboxylic acids is 2. The number of carbonyl (C=O) groups is 2. The highest BCUT2D eigenvalue weighted by Crippen LogP contribution is 2.16. The second-order valence-corrected chi connectivity index (χ2v) is 7.63. The van der Waals surface area contributed by atoms with Crippen LogP contribution in [0.15, 0.2) is 52.1 Å². The maximum atomic E-state index is 12.0. The molecule has 2 aromatic rings. The van der Waals surface area contributed by atoms with Gasteiger partial charge in [-0.25, -0.2) is 17.9 Å². The number of methoxy groups -OCH3 is 1. The zero-order chi connectivity index (χ0) is 17.6. The molecule has 0 saturated carbocycles. The van der Waals surface area contributed by atoms with Crippen molar-refractivity contribution < 1.29 is 22.7 Å². The summed E-state index contributed by atoms with van der Waals surface area (Å²) in [6, 6.07) is 10.6. The number of thiophene rings is 1. The van der Waals surface area contributed by atoms with Gasteiger partial charge in [-0.05, 0) is 17.0 Å². The molecule has 2 N–H and O–H groups in total. The molecule has 0 bridgehead atoms. The van der Waals surface area contributed by atoms with Gasteiger partial charge >= 0.3 is 5.97 Å². The maximum absolute atomic E-state index is 12.0. The lowest BCUT2D eigenvalue weighted by molar-refractivity contribution is -0.145. The molecule has 0 radical (unpaired) electrons. The van der Waals surface area contributed by atoms with Crippen LogP contribution in [0, 0.1) is 0 Å². The Kier molecular flexibility index (Phi) is 6.07. The smallest absolute Gasteiger partial charge is 0.333 e. The predicted molar refractivity (Wildman–Crippen MR) is 88.8 cm³/mol. The number of hydrogen-bond donors (Lipinski definition) is 2. The lowest BCUT2D eigenvalue weighted by Gasteiger charge is -2.17. The normalized spacial score (nSPS) is 12.4. The molecule has 1 heterocycles. The van der Waals surface area contributed by atoms with Crippen LogP contribution in [0.25, 0.3) is 0 Å². The first kappa shape index (κ1) is 18.1. The van der Waals surface area contributed by atoms with Gasteiger partial charge in [0.1, 0.15) is 4.21 Å². The Balaban J connectivity index is 2.02. The number of benzene rings is 1. The highest BCUT2D eigenvalue weighted by Gasteiger charge is 2.24. The first-order valence-electron chi connectivity index (χ1n) is 6.89. The second-order valence-electron chi connectivity index (χ2n) is 4.69. The van der Waals surface area contributed by atoms with Crippen LogP contribution in [0.5, 0.6) is 0 Å². The standard InChI is InChI=1S/C15H16N2O5S2/c1-22-15(19)14(11-6-3-2-4-7-11)17-12(18)10-16-24(20,21)13-8-5-9-23-13/h2-9,14,16H,10H2,1H3,(H,17,18)/t14-/m1/s1. The Hall–Kier alpha value is -2.23. The van der Waals surface area contributed by atoms with Crippen molar-refractivity contribution in [1.29, 1.82) is 0 Å². The summed E-state index contributed by atoms with van der Waals surface area (Å²) in [7, 11) is -2.53. The summed E-state index contributed by atoms with van der Waals surface area (Å²) >= 11 is 1.04. The summed E-state index contributed by atoms with van der Waals surface area (Å²) in [5, 5.41) is 4.09. The minimum Gasteiger partial charge on any atom is -0.467 e. The summed E-state index contributed by atoms with van der Waals surface area (Å²) in [5.74, 6) is -1.29. The molecule has 0 unspecified atom stereocenters. The number of hydrogen-bond acceptors (Lipinski definition) is 6. The molecule has 1 aromatic carbocycles. The fraction of sp³-hybridized carbons (Fsp3) is 0.200. The summed E-state index contributed by atoms with van der Waals surface area (Å²) in [6.45, 7) is -0.486. The average molecular weight is 368 g/mol. The lowest BCUT2D eigenvalue weighted by atomic mass is 10.1. The summed E-state index contributed by atoms with van der Waals surface area (Å²) in [5.41, 5.74) is 0.541. The molecule has 0 saturated heterocycles. The van der Waals surface area contributed by atoms with Gasteiger partial charge in [0.05, 0.1) is 13.7 Å². The van der Waals surface area contributed by atoms with Gasteiger partial charge in [-0.2, -0.15) is 0 Å². The second kappa shape index (κ2) is 8.04. The topological polar surface area (TPSA) is 102 Å². The van der Waals surface area contributed by atoms with E-state index in [9.17, 15) is 18.0 Å². The molecule has 0 aliphatic heterocycles. The van der Waals surface area contributed by atoms with E-state index in [-0.39, 0.29) is 4.21 Å². The molecule has 128 valence electrons. The third-order valence-electron chi connectivity index (χ3n) is 3.06. The fourth-order valence-electron chi connectivity index (χ4n) is 1.90. The van der Waals surface area contributed by atoms with Crippen LogP contribution in [0.2, 0.25) is 0 Å². The van der Waals surface area contributed by atoms with E-state index in [1.54, 1.807) is 41.8 Å². The highest BCUT2D eigenvalue weighted by atomic mass is 32.2. The van der Waals surface area contributed by atoms with Crippen LogP contribution in [0.4, 0.5) is 0 Å². The van der Waals surface area contributed by atoms with E-state index in [2.05, 4.69) is 14.8 Å². The number of sulfonamides is 1. The van der Waals surface area contributed by atoms with Gasteiger partial charge in [-0.1, -0.05) is 36.4 Å². The van der Waals surface area contributed by atoms with Gasteiger partial charge in [0.15, 0.2) is 6.04 Å². The van der Waals surface area contributed by atoms with Crippen molar-refractivity contribution in [1.82, 2.24) is 10.0 Å². The van der Waals surface area contributed by atoms with Crippen molar-refractivity contribution in [3.8, 4) is 0 Å². The number of amides is 1. The molecule has 0 fully saturated rings. The quantitative estimate of drug-likeness (QED) is 0.712. The van der Waals surface area contributed by atoms with Gasteiger partial charge in [0, 0.05) is 0 Å². The third kappa shape index (κ3) is 4.63. The molecule has 9 heteroatoms. The van der Waals surface area contributed by atoms with E-state index in [1.165, 1.54) is 13.2 Å².